The zero-order valence-corrected chi connectivity index (χ0v) is 11.7. The molecule has 2 nitrogen and oxygen atoms in total. The van der Waals surface area contributed by atoms with E-state index in [2.05, 4.69) is 18.2 Å². The minimum Gasteiger partial charge on any atom is -0.512 e. The Hall–Kier alpha value is -2.61. The molecular formula is C19H14O2. The van der Waals surface area contributed by atoms with Crippen molar-refractivity contribution < 1.29 is 5.11 Å². The van der Waals surface area contributed by atoms with E-state index >= 15 is 0 Å². The molecule has 0 aliphatic heterocycles. The maximum Gasteiger partial charge on any atom is 0.190 e. The van der Waals surface area contributed by atoms with Gasteiger partial charge in [-0.3, -0.25) is 4.79 Å². The lowest BCUT2D eigenvalue weighted by molar-refractivity contribution is 0.484. The minimum absolute atomic E-state index is 0.0968. The predicted molar refractivity (Wildman–Crippen MR) is 88.0 cm³/mol. The van der Waals surface area contributed by atoms with Gasteiger partial charge in [0.2, 0.25) is 0 Å². The maximum atomic E-state index is 12.3. The van der Waals surface area contributed by atoms with Gasteiger partial charge in [0.15, 0.2) is 5.43 Å². The third kappa shape index (κ3) is 1.56. The molecule has 0 aromatic heterocycles. The molecular weight excluding hydrogens is 260 g/mol. The van der Waals surface area contributed by atoms with Gasteiger partial charge in [0.1, 0.15) is 5.76 Å². The quantitative estimate of drug-likeness (QED) is 0.574. The van der Waals surface area contributed by atoms with Crippen LogP contribution in [-0.4, -0.2) is 5.11 Å². The average Bonchev–Trinajstić information content (AvgIpc) is 2.83. The van der Waals surface area contributed by atoms with Gasteiger partial charge in [-0.25, -0.2) is 0 Å². The number of hydrogen-bond acceptors (Lipinski definition) is 2. The van der Waals surface area contributed by atoms with Crippen molar-refractivity contribution in [3.63, 3.8) is 0 Å². The molecule has 0 fully saturated rings. The van der Waals surface area contributed by atoms with Gasteiger partial charge in [0, 0.05) is 6.42 Å². The summed E-state index contributed by atoms with van der Waals surface area (Å²) in [6, 6.07) is 16.0. The Morgan fingerprint density at radius 2 is 1.67 bits per heavy atom. The van der Waals surface area contributed by atoms with E-state index in [0.717, 1.165) is 21.5 Å². The highest BCUT2D eigenvalue weighted by Crippen LogP contribution is 2.31. The fourth-order valence-electron chi connectivity index (χ4n) is 3.27. The van der Waals surface area contributed by atoms with Gasteiger partial charge in [-0.05, 0) is 44.5 Å². The second kappa shape index (κ2) is 4.19. The molecule has 4 rings (SSSR count). The number of hydrogen-bond donors (Lipinski definition) is 1. The van der Waals surface area contributed by atoms with Crippen molar-refractivity contribution in [2.75, 3.05) is 0 Å². The Balaban J connectivity index is 2.40. The van der Waals surface area contributed by atoms with Crippen molar-refractivity contribution in [1.82, 2.24) is 0 Å². The Labute approximate surface area is 121 Å². The van der Waals surface area contributed by atoms with E-state index in [0.29, 0.717) is 11.6 Å². The van der Waals surface area contributed by atoms with Crippen LogP contribution in [0.15, 0.2) is 53.3 Å². The van der Waals surface area contributed by atoms with Crippen LogP contribution in [-0.2, 0) is 0 Å². The van der Waals surface area contributed by atoms with Crippen LogP contribution in [0.2, 0.25) is 0 Å². The van der Waals surface area contributed by atoms with Crippen LogP contribution in [0.4, 0.5) is 0 Å². The van der Waals surface area contributed by atoms with Gasteiger partial charge in [0.25, 0.3) is 0 Å². The molecule has 4 aromatic carbocycles. The average molecular weight is 274 g/mol. The summed E-state index contributed by atoms with van der Waals surface area (Å²) >= 11 is 0. The van der Waals surface area contributed by atoms with E-state index in [1.807, 2.05) is 31.2 Å². The summed E-state index contributed by atoms with van der Waals surface area (Å²) in [4.78, 5) is 12.3. The first-order valence-corrected chi connectivity index (χ1v) is 7.13. The van der Waals surface area contributed by atoms with E-state index in [4.69, 9.17) is 0 Å². The zero-order valence-electron chi connectivity index (χ0n) is 11.7. The third-order valence-corrected chi connectivity index (χ3v) is 4.23. The first kappa shape index (κ1) is 12.2. The first-order valence-electron chi connectivity index (χ1n) is 7.13. The number of rotatable bonds is 1. The van der Waals surface area contributed by atoms with Gasteiger partial charge in [-0.2, -0.15) is 0 Å². The molecule has 0 amide bonds. The molecule has 2 heteroatoms. The summed E-state index contributed by atoms with van der Waals surface area (Å²) in [6.07, 6.45) is 0.464. The van der Waals surface area contributed by atoms with Gasteiger partial charge < -0.3 is 5.11 Å². The summed E-state index contributed by atoms with van der Waals surface area (Å²) in [5.41, 5.74) is -0.0968. The predicted octanol–water partition coefficient (Wildman–Crippen LogP) is 3.74. The van der Waals surface area contributed by atoms with Crippen LogP contribution in [0.5, 0.6) is 0 Å². The lowest BCUT2D eigenvalue weighted by Crippen LogP contribution is -2.21. The topological polar surface area (TPSA) is 37.3 Å². The molecule has 0 bridgehead atoms. The second-order valence-electron chi connectivity index (χ2n) is 5.41. The van der Waals surface area contributed by atoms with Crippen LogP contribution in [0.1, 0.15) is 13.3 Å². The minimum atomic E-state index is -0.0968. The summed E-state index contributed by atoms with van der Waals surface area (Å²) in [5.74, 6) is 0.170. The SMILES string of the molecule is CC/C(O)=c1\c(=O)cc2c1cc1cccc3cccc2c31. The van der Waals surface area contributed by atoms with Crippen molar-refractivity contribution >= 4 is 38.1 Å². The molecule has 0 saturated heterocycles. The van der Waals surface area contributed by atoms with E-state index in [1.54, 1.807) is 6.07 Å². The maximum absolute atomic E-state index is 12.3. The first-order chi connectivity index (χ1) is 10.2. The summed E-state index contributed by atoms with van der Waals surface area (Å²) in [6.45, 7) is 1.85. The molecule has 4 aromatic rings. The zero-order chi connectivity index (χ0) is 14.6. The molecule has 0 aliphatic carbocycles. The Morgan fingerprint density at radius 3 is 2.43 bits per heavy atom. The highest BCUT2D eigenvalue weighted by molar-refractivity contribution is 6.21. The van der Waals surface area contributed by atoms with Crippen LogP contribution in [0, 0.1) is 0 Å². The molecule has 0 saturated carbocycles. The summed E-state index contributed by atoms with van der Waals surface area (Å²) in [7, 11) is 0. The van der Waals surface area contributed by atoms with Crippen molar-refractivity contribution in [2.24, 2.45) is 0 Å². The molecule has 21 heavy (non-hydrogen) atoms. The number of aliphatic hydroxyl groups excluding tert-OH is 1. The highest BCUT2D eigenvalue weighted by Gasteiger charge is 2.12. The van der Waals surface area contributed by atoms with E-state index in [-0.39, 0.29) is 11.2 Å². The summed E-state index contributed by atoms with van der Waals surface area (Å²) in [5, 5.41) is 16.9. The number of aliphatic hydroxyl groups is 1. The lowest BCUT2D eigenvalue weighted by Gasteiger charge is -2.07. The van der Waals surface area contributed by atoms with E-state index in [1.165, 1.54) is 10.8 Å². The molecule has 0 spiro atoms. The second-order valence-corrected chi connectivity index (χ2v) is 5.41. The Bertz CT molecular complexity index is 1090. The van der Waals surface area contributed by atoms with Crippen molar-refractivity contribution in [3.05, 3.63) is 64.0 Å². The lowest BCUT2D eigenvalue weighted by atomic mass is 9.97. The van der Waals surface area contributed by atoms with Crippen molar-refractivity contribution in [1.29, 1.82) is 0 Å². The largest absolute Gasteiger partial charge is 0.512 e. The normalized spacial score (nSPS) is 13.4. The molecule has 102 valence electrons. The Kier molecular flexibility index (Phi) is 2.43. The van der Waals surface area contributed by atoms with Gasteiger partial charge in [-0.15, -0.1) is 0 Å². The van der Waals surface area contributed by atoms with Crippen molar-refractivity contribution in [2.45, 2.75) is 13.3 Å². The van der Waals surface area contributed by atoms with Gasteiger partial charge in [-0.1, -0.05) is 43.3 Å². The molecule has 1 N–H and O–H groups in total. The van der Waals surface area contributed by atoms with Gasteiger partial charge in [0.05, 0.1) is 5.22 Å². The molecule has 0 heterocycles. The van der Waals surface area contributed by atoms with Crippen LogP contribution in [0.3, 0.4) is 0 Å². The van der Waals surface area contributed by atoms with E-state index < -0.39 is 0 Å². The monoisotopic (exact) mass is 274 g/mol. The van der Waals surface area contributed by atoms with E-state index in [9.17, 15) is 9.90 Å². The number of fused-ring (bicyclic) bond motifs is 2. The Morgan fingerprint density at radius 1 is 0.952 bits per heavy atom. The molecule has 0 atom stereocenters. The third-order valence-electron chi connectivity index (χ3n) is 4.23. The van der Waals surface area contributed by atoms with Crippen molar-refractivity contribution in [3.8, 4) is 0 Å². The van der Waals surface area contributed by atoms with Crippen LogP contribution in [0.25, 0.3) is 38.1 Å². The molecule has 0 radical (unpaired) electrons. The highest BCUT2D eigenvalue weighted by atomic mass is 16.3. The molecule has 0 aliphatic rings. The standard InChI is InChI=1S/C19H14O2/c1-2-16(20)19-15-9-12-7-3-5-11-6-4-8-13(18(11)12)14(15)10-17(19)21/h3-10,20H,2H2,1H3/b19-16+. The van der Waals surface area contributed by atoms with Crippen LogP contribution >= 0.6 is 0 Å². The smallest absolute Gasteiger partial charge is 0.190 e. The summed E-state index contributed by atoms with van der Waals surface area (Å²) < 4.78 is 0. The number of benzene rings is 3. The fourth-order valence-corrected chi connectivity index (χ4v) is 3.27. The molecule has 0 unspecified atom stereocenters. The fraction of sp³-hybridized carbons (Fsp3) is 0.105. The van der Waals surface area contributed by atoms with Crippen LogP contribution < -0.4 is 10.6 Å². The van der Waals surface area contributed by atoms with Gasteiger partial charge >= 0.3 is 0 Å².